The zero-order valence-corrected chi connectivity index (χ0v) is 8.25. The lowest BCUT2D eigenvalue weighted by atomic mass is 10.1. The molecule has 14 heavy (non-hydrogen) atoms. The molecule has 0 saturated heterocycles. The van der Waals surface area contributed by atoms with Gasteiger partial charge in [-0.05, 0) is 11.6 Å². The van der Waals surface area contributed by atoms with Gasteiger partial charge in [-0.15, -0.1) is 0 Å². The van der Waals surface area contributed by atoms with Crippen molar-refractivity contribution >= 4 is 22.8 Å². The summed E-state index contributed by atoms with van der Waals surface area (Å²) in [4.78, 5) is 21.7. The van der Waals surface area contributed by atoms with Crippen LogP contribution in [0.15, 0.2) is 30.3 Å². The van der Waals surface area contributed by atoms with E-state index in [-0.39, 0.29) is 18.7 Å². The molecule has 0 radical (unpaired) electrons. The van der Waals surface area contributed by atoms with E-state index in [0.717, 1.165) is 0 Å². The maximum absolute atomic E-state index is 11.4. The number of nitrogens with one attached hydrogen (secondary N) is 1. The highest BCUT2D eigenvalue weighted by molar-refractivity contribution is 6.62. The highest BCUT2D eigenvalue weighted by Crippen LogP contribution is 2.01. The molecule has 0 aliphatic rings. The van der Waals surface area contributed by atoms with Gasteiger partial charge in [-0.25, -0.2) is 0 Å². The zero-order chi connectivity index (χ0) is 10.4. The first kappa shape index (κ1) is 10.7. The minimum absolute atomic E-state index is 0.00369. The fraction of sp³-hybridized carbons (Fsp3) is 0.200. The lowest BCUT2D eigenvalue weighted by Crippen LogP contribution is -2.20. The molecule has 1 aromatic carbocycles. The SMILES string of the molecule is O=C(Cl)NCCC(=O)c1ccccc1. The Balaban J connectivity index is 2.40. The summed E-state index contributed by atoms with van der Waals surface area (Å²) in [5.41, 5.74) is 0.649. The van der Waals surface area contributed by atoms with Crippen molar-refractivity contribution in [2.45, 2.75) is 6.42 Å². The minimum Gasteiger partial charge on any atom is -0.342 e. The predicted molar refractivity (Wildman–Crippen MR) is 54.6 cm³/mol. The molecule has 3 nitrogen and oxygen atoms in total. The Morgan fingerprint density at radius 3 is 2.43 bits per heavy atom. The summed E-state index contributed by atoms with van der Waals surface area (Å²) in [5, 5.41) is 1.72. The van der Waals surface area contributed by atoms with Crippen LogP contribution in [0.5, 0.6) is 0 Å². The summed E-state index contributed by atoms with van der Waals surface area (Å²) < 4.78 is 0. The van der Waals surface area contributed by atoms with Crippen molar-refractivity contribution in [2.75, 3.05) is 6.54 Å². The summed E-state index contributed by atoms with van der Waals surface area (Å²) in [6, 6.07) is 8.92. The molecule has 1 rings (SSSR count). The second-order valence-electron chi connectivity index (χ2n) is 2.74. The average molecular weight is 212 g/mol. The molecule has 0 atom stereocenters. The van der Waals surface area contributed by atoms with Gasteiger partial charge in [-0.3, -0.25) is 9.59 Å². The molecule has 0 aliphatic heterocycles. The number of hydrogen-bond acceptors (Lipinski definition) is 2. The van der Waals surface area contributed by atoms with E-state index in [1.807, 2.05) is 6.07 Å². The van der Waals surface area contributed by atoms with Crippen molar-refractivity contribution in [3.8, 4) is 0 Å². The Labute approximate surface area is 87.1 Å². The van der Waals surface area contributed by atoms with E-state index >= 15 is 0 Å². The first-order valence-electron chi connectivity index (χ1n) is 4.22. The molecule has 0 aromatic heterocycles. The van der Waals surface area contributed by atoms with Crippen molar-refractivity contribution in [1.29, 1.82) is 0 Å². The number of ketones is 1. The molecule has 0 unspecified atom stereocenters. The Bertz CT molecular complexity index is 324. The largest absolute Gasteiger partial charge is 0.342 e. The molecular weight excluding hydrogens is 202 g/mol. The van der Waals surface area contributed by atoms with E-state index in [1.54, 1.807) is 24.3 Å². The lowest BCUT2D eigenvalue weighted by molar-refractivity contribution is 0.0984. The van der Waals surface area contributed by atoms with E-state index in [4.69, 9.17) is 11.6 Å². The highest BCUT2D eigenvalue weighted by Gasteiger charge is 2.04. The fourth-order valence-electron chi connectivity index (χ4n) is 1.04. The molecule has 0 aliphatic carbocycles. The van der Waals surface area contributed by atoms with Gasteiger partial charge in [0.2, 0.25) is 0 Å². The number of Topliss-reactive ketones (excluding diaryl/α,β-unsaturated/α-hetero) is 1. The van der Waals surface area contributed by atoms with Crippen LogP contribution in [0.25, 0.3) is 0 Å². The van der Waals surface area contributed by atoms with E-state index in [0.29, 0.717) is 5.56 Å². The fourth-order valence-corrected chi connectivity index (χ4v) is 1.14. The predicted octanol–water partition coefficient (Wildman–Crippen LogP) is 2.21. The Morgan fingerprint density at radius 1 is 1.21 bits per heavy atom. The van der Waals surface area contributed by atoms with Crippen LogP contribution in [0, 0.1) is 0 Å². The number of hydrogen-bond donors (Lipinski definition) is 1. The van der Waals surface area contributed by atoms with Crippen LogP contribution < -0.4 is 5.32 Å². The Hall–Kier alpha value is -1.35. The second-order valence-corrected chi connectivity index (χ2v) is 3.08. The number of carbonyl (C=O) groups is 2. The smallest absolute Gasteiger partial charge is 0.313 e. The van der Waals surface area contributed by atoms with Gasteiger partial charge in [0.15, 0.2) is 5.78 Å². The van der Waals surface area contributed by atoms with Crippen LogP contribution in [0.2, 0.25) is 0 Å². The molecule has 0 saturated carbocycles. The molecule has 4 heteroatoms. The van der Waals surface area contributed by atoms with Crippen LogP contribution in [0.1, 0.15) is 16.8 Å². The summed E-state index contributed by atoms with van der Waals surface area (Å²) in [5.74, 6) is -0.00369. The summed E-state index contributed by atoms with van der Waals surface area (Å²) in [7, 11) is 0. The van der Waals surface area contributed by atoms with Crippen LogP contribution in [0.3, 0.4) is 0 Å². The van der Waals surface area contributed by atoms with E-state index in [1.165, 1.54) is 0 Å². The molecule has 0 spiro atoms. The molecular formula is C10H10ClNO2. The van der Waals surface area contributed by atoms with Crippen molar-refractivity contribution in [3.05, 3.63) is 35.9 Å². The van der Waals surface area contributed by atoms with E-state index in [9.17, 15) is 9.59 Å². The maximum atomic E-state index is 11.4. The number of amides is 1. The van der Waals surface area contributed by atoms with Gasteiger partial charge < -0.3 is 5.32 Å². The minimum atomic E-state index is -0.633. The second kappa shape index (κ2) is 5.40. The molecule has 0 bridgehead atoms. The topological polar surface area (TPSA) is 46.2 Å². The maximum Gasteiger partial charge on any atom is 0.313 e. The number of rotatable bonds is 4. The number of benzene rings is 1. The number of carbonyl (C=O) groups excluding carboxylic acids is 2. The van der Waals surface area contributed by atoms with Crippen molar-refractivity contribution in [1.82, 2.24) is 5.32 Å². The standard InChI is InChI=1S/C10H10ClNO2/c11-10(14)12-7-6-9(13)8-4-2-1-3-5-8/h1-5H,6-7H2,(H,12,14). The van der Waals surface area contributed by atoms with Crippen LogP contribution in [-0.4, -0.2) is 17.7 Å². The first-order chi connectivity index (χ1) is 6.70. The molecule has 1 N–H and O–H groups in total. The lowest BCUT2D eigenvalue weighted by Gasteiger charge is -2.00. The van der Waals surface area contributed by atoms with Crippen LogP contribution in [0.4, 0.5) is 4.79 Å². The zero-order valence-electron chi connectivity index (χ0n) is 7.50. The first-order valence-corrected chi connectivity index (χ1v) is 4.59. The third kappa shape index (κ3) is 3.58. The van der Waals surface area contributed by atoms with Crippen molar-refractivity contribution in [3.63, 3.8) is 0 Å². The van der Waals surface area contributed by atoms with Crippen LogP contribution in [-0.2, 0) is 0 Å². The summed E-state index contributed by atoms with van der Waals surface area (Å²) >= 11 is 5.05. The average Bonchev–Trinajstić information content (AvgIpc) is 2.18. The quantitative estimate of drug-likeness (QED) is 0.472. The monoisotopic (exact) mass is 211 g/mol. The molecule has 0 fully saturated rings. The number of halogens is 1. The molecule has 1 amide bonds. The Morgan fingerprint density at radius 2 is 1.86 bits per heavy atom. The van der Waals surface area contributed by atoms with Crippen molar-refractivity contribution < 1.29 is 9.59 Å². The van der Waals surface area contributed by atoms with Crippen molar-refractivity contribution in [2.24, 2.45) is 0 Å². The third-order valence-electron chi connectivity index (χ3n) is 1.71. The van der Waals surface area contributed by atoms with Crippen LogP contribution >= 0.6 is 11.6 Å². The third-order valence-corrected chi connectivity index (χ3v) is 1.85. The van der Waals surface area contributed by atoms with E-state index in [2.05, 4.69) is 5.32 Å². The normalized spacial score (nSPS) is 9.50. The van der Waals surface area contributed by atoms with Gasteiger partial charge in [0.25, 0.3) is 0 Å². The van der Waals surface area contributed by atoms with Gasteiger partial charge in [0.05, 0.1) is 0 Å². The van der Waals surface area contributed by atoms with Gasteiger partial charge >= 0.3 is 5.37 Å². The molecule has 74 valence electrons. The highest BCUT2D eigenvalue weighted by atomic mass is 35.5. The summed E-state index contributed by atoms with van der Waals surface area (Å²) in [6.45, 7) is 0.274. The van der Waals surface area contributed by atoms with Gasteiger partial charge in [0, 0.05) is 18.5 Å². The van der Waals surface area contributed by atoms with E-state index < -0.39 is 5.37 Å². The van der Waals surface area contributed by atoms with Gasteiger partial charge in [-0.2, -0.15) is 0 Å². The molecule has 1 aromatic rings. The summed E-state index contributed by atoms with van der Waals surface area (Å²) in [6.07, 6.45) is 0.266. The van der Waals surface area contributed by atoms with Gasteiger partial charge in [-0.1, -0.05) is 30.3 Å². The van der Waals surface area contributed by atoms with Gasteiger partial charge in [0.1, 0.15) is 0 Å². The molecule has 0 heterocycles. The Kier molecular flexibility index (Phi) is 4.13.